The first kappa shape index (κ1) is 25.5. The third kappa shape index (κ3) is 6.75. The number of benzene rings is 2. The summed E-state index contributed by atoms with van der Waals surface area (Å²) in [6.45, 7) is 0.184. The van der Waals surface area contributed by atoms with Gasteiger partial charge in [-0.3, -0.25) is 9.59 Å². The number of methoxy groups -OCH3 is 1. The SMILES string of the molecule is COc1ccc(Nc2nc(C(=O)N(CCC(=O)NCc3cccc(C(F)(F)F)c3)C3CC3)cs2)cc1. The molecule has 1 aromatic heterocycles. The van der Waals surface area contributed by atoms with Gasteiger partial charge in [-0.1, -0.05) is 12.1 Å². The first-order valence-corrected chi connectivity index (χ1v) is 12.2. The molecular weight excluding hydrogens is 493 g/mol. The topological polar surface area (TPSA) is 83.6 Å². The molecule has 2 amide bonds. The first-order valence-electron chi connectivity index (χ1n) is 11.3. The molecule has 2 aromatic carbocycles. The molecule has 0 aliphatic heterocycles. The van der Waals surface area contributed by atoms with Crippen molar-refractivity contribution in [3.63, 3.8) is 0 Å². The van der Waals surface area contributed by atoms with Gasteiger partial charge in [-0.15, -0.1) is 11.3 Å². The van der Waals surface area contributed by atoms with Gasteiger partial charge in [0, 0.05) is 36.6 Å². The van der Waals surface area contributed by atoms with E-state index in [1.165, 1.54) is 23.5 Å². The predicted octanol–water partition coefficient (Wildman–Crippen LogP) is 5.23. The fourth-order valence-corrected chi connectivity index (χ4v) is 4.28. The molecule has 36 heavy (non-hydrogen) atoms. The molecule has 1 fully saturated rings. The average molecular weight is 519 g/mol. The molecule has 0 radical (unpaired) electrons. The lowest BCUT2D eigenvalue weighted by atomic mass is 10.1. The van der Waals surface area contributed by atoms with Crippen molar-refractivity contribution < 1.29 is 27.5 Å². The van der Waals surface area contributed by atoms with E-state index in [2.05, 4.69) is 15.6 Å². The molecule has 1 heterocycles. The molecule has 0 bridgehead atoms. The average Bonchev–Trinajstić information content (AvgIpc) is 3.60. The molecule has 11 heteroatoms. The summed E-state index contributed by atoms with van der Waals surface area (Å²) in [5.41, 5.74) is 0.699. The number of rotatable bonds is 10. The summed E-state index contributed by atoms with van der Waals surface area (Å²) in [6.07, 6.45) is -2.68. The number of nitrogens with one attached hydrogen (secondary N) is 2. The van der Waals surface area contributed by atoms with Crippen LogP contribution >= 0.6 is 11.3 Å². The normalized spacial score (nSPS) is 13.2. The van der Waals surface area contributed by atoms with E-state index >= 15 is 0 Å². The lowest BCUT2D eigenvalue weighted by molar-refractivity contribution is -0.137. The highest BCUT2D eigenvalue weighted by Gasteiger charge is 2.34. The number of hydrogen-bond acceptors (Lipinski definition) is 6. The maximum absolute atomic E-state index is 13.1. The zero-order valence-electron chi connectivity index (χ0n) is 19.5. The highest BCUT2D eigenvalue weighted by Crippen LogP contribution is 2.31. The summed E-state index contributed by atoms with van der Waals surface area (Å²) in [5, 5.41) is 8.04. The summed E-state index contributed by atoms with van der Waals surface area (Å²) >= 11 is 1.30. The maximum Gasteiger partial charge on any atom is 0.416 e. The van der Waals surface area contributed by atoms with Crippen LogP contribution in [0, 0.1) is 0 Å². The second-order valence-electron chi connectivity index (χ2n) is 8.35. The van der Waals surface area contributed by atoms with E-state index in [1.54, 1.807) is 17.4 Å². The van der Waals surface area contributed by atoms with E-state index in [0.29, 0.717) is 16.4 Å². The minimum Gasteiger partial charge on any atom is -0.497 e. The van der Waals surface area contributed by atoms with Crippen LogP contribution in [0.1, 0.15) is 40.9 Å². The van der Waals surface area contributed by atoms with Crippen molar-refractivity contribution in [1.82, 2.24) is 15.2 Å². The summed E-state index contributed by atoms with van der Waals surface area (Å²) in [5.74, 6) is 0.141. The molecule has 190 valence electrons. The lowest BCUT2D eigenvalue weighted by Crippen LogP contribution is -2.37. The van der Waals surface area contributed by atoms with Crippen molar-refractivity contribution in [3.05, 3.63) is 70.7 Å². The van der Waals surface area contributed by atoms with Gasteiger partial charge < -0.3 is 20.3 Å². The van der Waals surface area contributed by atoms with Crippen LogP contribution in [0.3, 0.4) is 0 Å². The number of thiazole rings is 1. The molecule has 0 unspecified atom stereocenters. The lowest BCUT2D eigenvalue weighted by Gasteiger charge is -2.21. The number of ether oxygens (including phenoxy) is 1. The highest BCUT2D eigenvalue weighted by atomic mass is 32.1. The van der Waals surface area contributed by atoms with Crippen LogP contribution in [0.2, 0.25) is 0 Å². The monoisotopic (exact) mass is 518 g/mol. The molecule has 3 aromatic rings. The number of nitrogens with zero attached hydrogens (tertiary/aromatic N) is 2. The van der Waals surface area contributed by atoms with E-state index in [-0.39, 0.29) is 37.4 Å². The van der Waals surface area contributed by atoms with Crippen LogP contribution < -0.4 is 15.4 Å². The van der Waals surface area contributed by atoms with Crippen LogP contribution in [-0.2, 0) is 17.5 Å². The molecule has 4 rings (SSSR count). The fourth-order valence-electron chi connectivity index (χ4n) is 3.58. The molecule has 1 aliphatic carbocycles. The van der Waals surface area contributed by atoms with Gasteiger partial charge in [-0.25, -0.2) is 4.98 Å². The largest absolute Gasteiger partial charge is 0.497 e. The van der Waals surface area contributed by atoms with E-state index in [0.717, 1.165) is 36.4 Å². The fraction of sp³-hybridized carbons (Fsp3) is 0.320. The summed E-state index contributed by atoms with van der Waals surface area (Å²) in [7, 11) is 1.59. The van der Waals surface area contributed by atoms with E-state index in [9.17, 15) is 22.8 Å². The molecule has 0 atom stereocenters. The summed E-state index contributed by atoms with van der Waals surface area (Å²) < 4.78 is 43.8. The number of halogens is 3. The van der Waals surface area contributed by atoms with E-state index in [1.807, 2.05) is 24.3 Å². The second-order valence-corrected chi connectivity index (χ2v) is 9.20. The Morgan fingerprint density at radius 1 is 1.17 bits per heavy atom. The van der Waals surface area contributed by atoms with Crippen LogP contribution in [0.25, 0.3) is 0 Å². The number of anilines is 2. The summed E-state index contributed by atoms with van der Waals surface area (Å²) in [6, 6.07) is 12.2. The van der Waals surface area contributed by atoms with Gasteiger partial charge in [0.2, 0.25) is 5.91 Å². The molecule has 1 saturated carbocycles. The van der Waals surface area contributed by atoms with Crippen LogP contribution in [-0.4, -0.2) is 41.4 Å². The van der Waals surface area contributed by atoms with Gasteiger partial charge in [0.1, 0.15) is 11.4 Å². The number of amides is 2. The maximum atomic E-state index is 13.1. The number of carbonyl (C=O) groups is 2. The Balaban J connectivity index is 1.30. The molecule has 0 spiro atoms. The van der Waals surface area contributed by atoms with Gasteiger partial charge in [-0.05, 0) is 54.8 Å². The highest BCUT2D eigenvalue weighted by molar-refractivity contribution is 7.14. The number of carbonyl (C=O) groups excluding carboxylic acids is 2. The van der Waals surface area contributed by atoms with Crippen molar-refractivity contribution in [2.75, 3.05) is 19.0 Å². The van der Waals surface area contributed by atoms with Crippen molar-refractivity contribution >= 4 is 34.0 Å². The van der Waals surface area contributed by atoms with Crippen LogP contribution in [0.4, 0.5) is 24.0 Å². The van der Waals surface area contributed by atoms with Crippen molar-refractivity contribution in [1.29, 1.82) is 0 Å². The standard InChI is InChI=1S/C25H25F3N4O3S/c1-35-20-9-5-18(6-10-20)30-24-31-21(15-36-24)23(34)32(19-7-8-19)12-11-22(33)29-14-16-3-2-4-17(13-16)25(26,27)28/h2-6,9-10,13,15,19H,7-8,11-12,14H2,1H3,(H,29,33)(H,30,31). The van der Waals surface area contributed by atoms with Crippen molar-refractivity contribution in [3.8, 4) is 5.75 Å². The van der Waals surface area contributed by atoms with E-state index < -0.39 is 11.7 Å². The minimum atomic E-state index is -4.44. The third-order valence-corrected chi connectivity index (χ3v) is 6.39. The van der Waals surface area contributed by atoms with Gasteiger partial charge >= 0.3 is 6.18 Å². The molecular formula is C25H25F3N4O3S. The van der Waals surface area contributed by atoms with Crippen LogP contribution in [0.5, 0.6) is 5.75 Å². The van der Waals surface area contributed by atoms with Crippen molar-refractivity contribution in [2.45, 2.75) is 38.0 Å². The Bertz CT molecular complexity index is 1210. The molecule has 0 saturated heterocycles. The van der Waals surface area contributed by atoms with E-state index in [4.69, 9.17) is 4.74 Å². The quantitative estimate of drug-likeness (QED) is 0.384. The zero-order chi connectivity index (χ0) is 25.7. The third-order valence-electron chi connectivity index (χ3n) is 5.64. The van der Waals surface area contributed by atoms with Gasteiger partial charge in [0.15, 0.2) is 5.13 Å². The molecule has 1 aliphatic rings. The Hall–Kier alpha value is -3.60. The number of aromatic nitrogens is 1. The number of alkyl halides is 3. The smallest absolute Gasteiger partial charge is 0.416 e. The Morgan fingerprint density at radius 2 is 1.92 bits per heavy atom. The Labute approximate surface area is 210 Å². The second kappa shape index (κ2) is 11.0. The Morgan fingerprint density at radius 3 is 2.58 bits per heavy atom. The number of hydrogen-bond donors (Lipinski definition) is 2. The molecule has 7 nitrogen and oxygen atoms in total. The van der Waals surface area contributed by atoms with Gasteiger partial charge in [-0.2, -0.15) is 13.2 Å². The summed E-state index contributed by atoms with van der Waals surface area (Å²) in [4.78, 5) is 31.5. The minimum absolute atomic E-state index is 0.0212. The van der Waals surface area contributed by atoms with Gasteiger partial charge in [0.05, 0.1) is 12.7 Å². The zero-order valence-corrected chi connectivity index (χ0v) is 20.3. The molecule has 2 N–H and O–H groups in total. The first-order chi connectivity index (χ1) is 17.2. The Kier molecular flexibility index (Phi) is 7.78. The van der Waals surface area contributed by atoms with Crippen LogP contribution in [0.15, 0.2) is 53.9 Å². The van der Waals surface area contributed by atoms with Gasteiger partial charge in [0.25, 0.3) is 5.91 Å². The predicted molar refractivity (Wildman–Crippen MR) is 130 cm³/mol. The van der Waals surface area contributed by atoms with Crippen molar-refractivity contribution in [2.24, 2.45) is 0 Å².